The molecular weight excluding hydrogens is 259 g/mol. The molecule has 4 nitrogen and oxygen atoms in total. The summed E-state index contributed by atoms with van der Waals surface area (Å²) in [4.78, 5) is 13.6. The maximum atomic E-state index is 12.9. The van der Waals surface area contributed by atoms with Crippen molar-refractivity contribution < 1.29 is 13.9 Å². The van der Waals surface area contributed by atoms with Crippen LogP contribution >= 0.6 is 0 Å². The first-order valence-corrected chi connectivity index (χ1v) is 6.75. The van der Waals surface area contributed by atoms with Crippen LogP contribution < -0.4 is 5.73 Å². The zero-order valence-corrected chi connectivity index (χ0v) is 12.1. The smallest absolute Gasteiger partial charge is 0.410 e. The van der Waals surface area contributed by atoms with E-state index in [4.69, 9.17) is 10.5 Å². The van der Waals surface area contributed by atoms with Crippen molar-refractivity contribution in [3.63, 3.8) is 0 Å². The lowest BCUT2D eigenvalue weighted by Gasteiger charge is -2.24. The van der Waals surface area contributed by atoms with E-state index in [2.05, 4.69) is 0 Å². The Morgan fingerprint density at radius 1 is 1.30 bits per heavy atom. The first-order valence-electron chi connectivity index (χ1n) is 6.75. The highest BCUT2D eigenvalue weighted by molar-refractivity contribution is 5.69. The number of ether oxygens (including phenoxy) is 1. The number of benzene rings is 1. The Balaban J connectivity index is 2.05. The molecular formula is C15H21FN2O2. The van der Waals surface area contributed by atoms with Gasteiger partial charge in [0.15, 0.2) is 0 Å². The van der Waals surface area contributed by atoms with Gasteiger partial charge < -0.3 is 15.4 Å². The number of amides is 1. The van der Waals surface area contributed by atoms with Gasteiger partial charge in [-0.25, -0.2) is 9.18 Å². The van der Waals surface area contributed by atoms with Crippen LogP contribution in [0.15, 0.2) is 24.3 Å². The molecule has 2 rings (SSSR count). The topological polar surface area (TPSA) is 55.6 Å². The molecule has 0 aromatic heterocycles. The highest BCUT2D eigenvalue weighted by Gasteiger charge is 2.35. The second-order valence-corrected chi connectivity index (χ2v) is 6.21. The molecule has 0 spiro atoms. The highest BCUT2D eigenvalue weighted by atomic mass is 19.1. The number of carbonyl (C=O) groups is 1. The molecule has 1 saturated heterocycles. The summed E-state index contributed by atoms with van der Waals surface area (Å²) in [6, 6.07) is 6.11. The van der Waals surface area contributed by atoms with Crippen molar-refractivity contribution in [3.8, 4) is 0 Å². The summed E-state index contributed by atoms with van der Waals surface area (Å²) in [5, 5.41) is 0. The predicted molar refractivity (Wildman–Crippen MR) is 74.9 cm³/mol. The molecule has 20 heavy (non-hydrogen) atoms. The van der Waals surface area contributed by atoms with Crippen molar-refractivity contribution in [2.24, 2.45) is 5.73 Å². The van der Waals surface area contributed by atoms with Crippen LogP contribution in [0.3, 0.4) is 0 Å². The SMILES string of the molecule is CC(C)(C)OC(=O)N1C[C@@H](N)[C@@H](c2ccc(F)cc2)C1. The van der Waals surface area contributed by atoms with Gasteiger partial charge >= 0.3 is 6.09 Å². The lowest BCUT2D eigenvalue weighted by Crippen LogP contribution is -2.36. The third-order valence-corrected chi connectivity index (χ3v) is 3.31. The molecule has 2 atom stereocenters. The number of halogens is 1. The molecule has 1 aromatic carbocycles. The average Bonchev–Trinajstić information content (AvgIpc) is 2.70. The minimum atomic E-state index is -0.519. The van der Waals surface area contributed by atoms with Gasteiger partial charge in [0.1, 0.15) is 11.4 Å². The number of carbonyl (C=O) groups excluding carboxylic acids is 1. The molecule has 2 N–H and O–H groups in total. The molecule has 0 aliphatic carbocycles. The second-order valence-electron chi connectivity index (χ2n) is 6.21. The molecule has 0 bridgehead atoms. The monoisotopic (exact) mass is 280 g/mol. The molecule has 0 saturated carbocycles. The number of hydrogen-bond donors (Lipinski definition) is 1. The van der Waals surface area contributed by atoms with Gasteiger partial charge in [-0.3, -0.25) is 0 Å². The van der Waals surface area contributed by atoms with E-state index in [0.717, 1.165) is 5.56 Å². The Morgan fingerprint density at radius 3 is 2.45 bits per heavy atom. The fraction of sp³-hybridized carbons (Fsp3) is 0.533. The first kappa shape index (κ1) is 14.8. The summed E-state index contributed by atoms with van der Waals surface area (Å²) in [7, 11) is 0. The third-order valence-electron chi connectivity index (χ3n) is 3.31. The lowest BCUT2D eigenvalue weighted by atomic mass is 9.95. The van der Waals surface area contributed by atoms with Gasteiger partial charge in [-0.15, -0.1) is 0 Å². The summed E-state index contributed by atoms with van der Waals surface area (Å²) in [5.74, 6) is -0.257. The van der Waals surface area contributed by atoms with Crippen LogP contribution in [0.25, 0.3) is 0 Å². The molecule has 0 radical (unpaired) electrons. The van der Waals surface area contributed by atoms with Crippen molar-refractivity contribution in [1.29, 1.82) is 0 Å². The zero-order valence-electron chi connectivity index (χ0n) is 12.1. The van der Waals surface area contributed by atoms with Crippen molar-refractivity contribution >= 4 is 6.09 Å². The number of nitrogens with two attached hydrogens (primary N) is 1. The summed E-state index contributed by atoms with van der Waals surface area (Å²) in [6.07, 6.45) is -0.349. The number of hydrogen-bond acceptors (Lipinski definition) is 3. The van der Waals surface area contributed by atoms with Gasteiger partial charge in [0.25, 0.3) is 0 Å². The van der Waals surface area contributed by atoms with E-state index in [-0.39, 0.29) is 23.9 Å². The van der Waals surface area contributed by atoms with Gasteiger partial charge in [-0.2, -0.15) is 0 Å². The molecule has 110 valence electrons. The quantitative estimate of drug-likeness (QED) is 0.860. The van der Waals surface area contributed by atoms with Gasteiger partial charge in [0.2, 0.25) is 0 Å². The fourth-order valence-corrected chi connectivity index (χ4v) is 2.37. The maximum Gasteiger partial charge on any atom is 0.410 e. The third kappa shape index (κ3) is 3.48. The minimum Gasteiger partial charge on any atom is -0.444 e. The van der Waals surface area contributed by atoms with Crippen LogP contribution in [0, 0.1) is 5.82 Å². The fourth-order valence-electron chi connectivity index (χ4n) is 2.37. The maximum absolute atomic E-state index is 12.9. The van der Waals surface area contributed by atoms with E-state index < -0.39 is 5.60 Å². The van der Waals surface area contributed by atoms with E-state index in [1.54, 1.807) is 17.0 Å². The zero-order chi connectivity index (χ0) is 14.9. The van der Waals surface area contributed by atoms with Gasteiger partial charge in [0, 0.05) is 25.0 Å². The molecule has 1 amide bonds. The number of rotatable bonds is 1. The van der Waals surface area contributed by atoms with Crippen molar-refractivity contribution in [2.45, 2.75) is 38.3 Å². The standard InChI is InChI=1S/C15H21FN2O2/c1-15(2,3)20-14(19)18-8-12(13(17)9-18)10-4-6-11(16)7-5-10/h4-7,12-13H,8-9,17H2,1-3H3/t12-,13-/m1/s1. The van der Waals surface area contributed by atoms with Crippen LogP contribution in [0.4, 0.5) is 9.18 Å². The minimum absolute atomic E-state index is 0.0168. The van der Waals surface area contributed by atoms with Gasteiger partial charge in [0.05, 0.1) is 0 Å². The van der Waals surface area contributed by atoms with E-state index in [9.17, 15) is 9.18 Å². The van der Waals surface area contributed by atoms with Crippen molar-refractivity contribution in [2.75, 3.05) is 13.1 Å². The molecule has 1 aliphatic rings. The summed E-state index contributed by atoms with van der Waals surface area (Å²) >= 11 is 0. The molecule has 1 aliphatic heterocycles. The summed E-state index contributed by atoms with van der Waals surface area (Å²) in [5.41, 5.74) is 6.53. The van der Waals surface area contributed by atoms with E-state index in [1.807, 2.05) is 20.8 Å². The van der Waals surface area contributed by atoms with E-state index in [0.29, 0.717) is 13.1 Å². The van der Waals surface area contributed by atoms with Crippen LogP contribution in [0.5, 0.6) is 0 Å². The van der Waals surface area contributed by atoms with E-state index >= 15 is 0 Å². The van der Waals surface area contributed by atoms with Crippen molar-refractivity contribution in [3.05, 3.63) is 35.6 Å². The van der Waals surface area contributed by atoms with Crippen LogP contribution in [0.2, 0.25) is 0 Å². The molecule has 1 heterocycles. The van der Waals surface area contributed by atoms with Crippen LogP contribution in [-0.2, 0) is 4.74 Å². The molecule has 1 fully saturated rings. The Kier molecular flexibility index (Phi) is 3.99. The normalized spacial score (nSPS) is 22.9. The summed E-state index contributed by atoms with van der Waals surface area (Å²) < 4.78 is 18.3. The van der Waals surface area contributed by atoms with Crippen molar-refractivity contribution in [1.82, 2.24) is 4.90 Å². The average molecular weight is 280 g/mol. The number of nitrogens with zero attached hydrogens (tertiary/aromatic N) is 1. The molecule has 5 heteroatoms. The lowest BCUT2D eigenvalue weighted by molar-refractivity contribution is 0.0290. The highest BCUT2D eigenvalue weighted by Crippen LogP contribution is 2.27. The first-order chi connectivity index (χ1) is 9.26. The second kappa shape index (κ2) is 5.40. The largest absolute Gasteiger partial charge is 0.444 e. The van der Waals surface area contributed by atoms with Crippen LogP contribution in [-0.4, -0.2) is 35.7 Å². The van der Waals surface area contributed by atoms with Gasteiger partial charge in [-0.1, -0.05) is 12.1 Å². The van der Waals surface area contributed by atoms with Crippen LogP contribution in [0.1, 0.15) is 32.3 Å². The Hall–Kier alpha value is -1.62. The summed E-state index contributed by atoms with van der Waals surface area (Å²) in [6.45, 7) is 6.45. The Morgan fingerprint density at radius 2 is 1.90 bits per heavy atom. The molecule has 0 unspecified atom stereocenters. The number of likely N-dealkylation sites (tertiary alicyclic amines) is 1. The van der Waals surface area contributed by atoms with Gasteiger partial charge in [-0.05, 0) is 38.5 Å². The Labute approximate surface area is 118 Å². The Bertz CT molecular complexity index is 482. The molecule has 1 aromatic rings. The predicted octanol–water partition coefficient (Wildman–Crippen LogP) is 2.49. The van der Waals surface area contributed by atoms with E-state index in [1.165, 1.54) is 12.1 Å².